The van der Waals surface area contributed by atoms with Crippen molar-refractivity contribution in [2.75, 3.05) is 19.6 Å². The molecule has 1 aromatic heterocycles. The molecule has 2 amide bonds. The first-order valence-corrected chi connectivity index (χ1v) is 11.4. The highest BCUT2D eigenvalue weighted by Crippen LogP contribution is 2.30. The standard InChI is InChI=1S/C24H33N5O2/c1-16-9-7-8-12-20(16)26-21(30)15-28-14-13-25-24(31)23(28)22-17(2)27-29(18(22)3)19-10-5-4-6-11-19/h4-6,10-11,16,20,23H,7-9,12-15H2,1-3H3,(H,25,31)(H,26,30)/t16-,20-,23+/m0/s1. The van der Waals surface area contributed by atoms with E-state index in [4.69, 9.17) is 5.10 Å². The first-order valence-electron chi connectivity index (χ1n) is 11.4. The Hall–Kier alpha value is -2.67. The zero-order valence-corrected chi connectivity index (χ0v) is 18.7. The second-order valence-electron chi connectivity index (χ2n) is 8.93. The van der Waals surface area contributed by atoms with Crippen molar-refractivity contribution >= 4 is 11.8 Å². The van der Waals surface area contributed by atoms with Gasteiger partial charge in [-0.05, 0) is 44.7 Å². The van der Waals surface area contributed by atoms with E-state index in [0.29, 0.717) is 19.0 Å². The molecule has 2 aliphatic rings. The van der Waals surface area contributed by atoms with Crippen molar-refractivity contribution in [2.45, 2.75) is 58.5 Å². The fraction of sp³-hybridized carbons (Fsp3) is 0.542. The molecule has 2 fully saturated rings. The Balaban J connectivity index is 1.56. The molecule has 1 aromatic carbocycles. The number of aromatic nitrogens is 2. The monoisotopic (exact) mass is 423 g/mol. The van der Waals surface area contributed by atoms with E-state index in [2.05, 4.69) is 17.6 Å². The highest BCUT2D eigenvalue weighted by molar-refractivity contribution is 5.86. The summed E-state index contributed by atoms with van der Waals surface area (Å²) < 4.78 is 1.88. The van der Waals surface area contributed by atoms with E-state index in [0.717, 1.165) is 35.5 Å². The third-order valence-corrected chi connectivity index (χ3v) is 6.74. The van der Waals surface area contributed by atoms with Gasteiger partial charge in [0.2, 0.25) is 11.8 Å². The number of hydrogen-bond donors (Lipinski definition) is 2. The van der Waals surface area contributed by atoms with E-state index in [1.54, 1.807) is 0 Å². The maximum absolute atomic E-state index is 13.0. The lowest BCUT2D eigenvalue weighted by molar-refractivity contribution is -0.132. The summed E-state index contributed by atoms with van der Waals surface area (Å²) in [5.74, 6) is 0.444. The molecular formula is C24H33N5O2. The van der Waals surface area contributed by atoms with Crippen molar-refractivity contribution < 1.29 is 9.59 Å². The molecule has 1 aliphatic carbocycles. The number of hydrogen-bond acceptors (Lipinski definition) is 4. The molecule has 0 bridgehead atoms. The maximum atomic E-state index is 13.0. The van der Waals surface area contributed by atoms with Gasteiger partial charge in [0.15, 0.2) is 0 Å². The lowest BCUT2D eigenvalue weighted by Gasteiger charge is -2.36. The van der Waals surface area contributed by atoms with Gasteiger partial charge in [0.25, 0.3) is 0 Å². The predicted octanol–water partition coefficient (Wildman–Crippen LogP) is 2.66. The molecular weight excluding hydrogens is 390 g/mol. The van der Waals surface area contributed by atoms with Gasteiger partial charge in [-0.15, -0.1) is 0 Å². The molecule has 2 N–H and O–H groups in total. The van der Waals surface area contributed by atoms with Gasteiger partial charge in [0.05, 0.1) is 17.9 Å². The summed E-state index contributed by atoms with van der Waals surface area (Å²) in [5, 5.41) is 10.9. The van der Waals surface area contributed by atoms with Crippen molar-refractivity contribution in [3.63, 3.8) is 0 Å². The van der Waals surface area contributed by atoms with Crippen LogP contribution in [0.25, 0.3) is 5.69 Å². The van der Waals surface area contributed by atoms with Crippen LogP contribution in [0.5, 0.6) is 0 Å². The largest absolute Gasteiger partial charge is 0.353 e. The molecule has 4 rings (SSSR count). The van der Waals surface area contributed by atoms with E-state index in [1.807, 2.05) is 53.8 Å². The smallest absolute Gasteiger partial charge is 0.242 e. The minimum atomic E-state index is -0.513. The number of rotatable bonds is 5. The van der Waals surface area contributed by atoms with Gasteiger partial charge in [0.1, 0.15) is 6.04 Å². The highest BCUT2D eigenvalue weighted by Gasteiger charge is 2.36. The number of carbonyl (C=O) groups excluding carboxylic acids is 2. The number of piperazine rings is 1. The summed E-state index contributed by atoms with van der Waals surface area (Å²) in [6.07, 6.45) is 4.61. The van der Waals surface area contributed by atoms with Gasteiger partial charge in [-0.2, -0.15) is 5.10 Å². The van der Waals surface area contributed by atoms with Crippen LogP contribution in [-0.2, 0) is 9.59 Å². The molecule has 1 saturated carbocycles. The van der Waals surface area contributed by atoms with E-state index < -0.39 is 6.04 Å². The van der Waals surface area contributed by atoms with Crippen LogP contribution >= 0.6 is 0 Å². The Morgan fingerprint density at radius 1 is 1.19 bits per heavy atom. The summed E-state index contributed by atoms with van der Waals surface area (Å²) in [6.45, 7) is 7.55. The van der Waals surface area contributed by atoms with Gasteiger partial charge in [-0.25, -0.2) is 4.68 Å². The Bertz CT molecular complexity index is 939. The molecule has 1 saturated heterocycles. The van der Waals surface area contributed by atoms with E-state index >= 15 is 0 Å². The average molecular weight is 424 g/mol. The van der Waals surface area contributed by atoms with Crippen molar-refractivity contribution in [2.24, 2.45) is 5.92 Å². The predicted molar refractivity (Wildman–Crippen MR) is 120 cm³/mol. The molecule has 31 heavy (non-hydrogen) atoms. The van der Waals surface area contributed by atoms with Crippen LogP contribution in [0, 0.1) is 19.8 Å². The fourth-order valence-corrected chi connectivity index (χ4v) is 5.04. The number of nitrogens with zero attached hydrogens (tertiary/aromatic N) is 3. The Morgan fingerprint density at radius 2 is 1.94 bits per heavy atom. The molecule has 7 heteroatoms. The Morgan fingerprint density at radius 3 is 2.68 bits per heavy atom. The zero-order chi connectivity index (χ0) is 22.0. The molecule has 2 heterocycles. The van der Waals surface area contributed by atoms with Crippen molar-refractivity contribution in [3.8, 4) is 5.69 Å². The number of nitrogens with one attached hydrogen (secondary N) is 2. The third kappa shape index (κ3) is 4.51. The molecule has 3 atom stereocenters. The average Bonchev–Trinajstić information content (AvgIpc) is 3.05. The third-order valence-electron chi connectivity index (χ3n) is 6.74. The minimum Gasteiger partial charge on any atom is -0.353 e. The molecule has 0 unspecified atom stereocenters. The quantitative estimate of drug-likeness (QED) is 0.775. The summed E-state index contributed by atoms with van der Waals surface area (Å²) in [6, 6.07) is 9.64. The van der Waals surface area contributed by atoms with Crippen LogP contribution in [0.3, 0.4) is 0 Å². The number of benzene rings is 1. The Kier molecular flexibility index (Phi) is 6.41. The van der Waals surface area contributed by atoms with Gasteiger partial charge in [-0.3, -0.25) is 14.5 Å². The topological polar surface area (TPSA) is 79.3 Å². The molecule has 1 aliphatic heterocycles. The van der Waals surface area contributed by atoms with Crippen LogP contribution in [0.4, 0.5) is 0 Å². The Labute approximate surface area is 184 Å². The van der Waals surface area contributed by atoms with E-state index in [9.17, 15) is 9.59 Å². The van der Waals surface area contributed by atoms with Crippen molar-refractivity contribution in [1.82, 2.24) is 25.3 Å². The molecule has 7 nitrogen and oxygen atoms in total. The molecule has 0 radical (unpaired) electrons. The highest BCUT2D eigenvalue weighted by atomic mass is 16.2. The number of carbonyl (C=O) groups is 2. The molecule has 166 valence electrons. The second kappa shape index (κ2) is 9.22. The van der Waals surface area contributed by atoms with Gasteiger partial charge in [-0.1, -0.05) is 38.0 Å². The van der Waals surface area contributed by atoms with Crippen LogP contribution in [0.15, 0.2) is 30.3 Å². The van der Waals surface area contributed by atoms with Crippen LogP contribution < -0.4 is 10.6 Å². The lowest BCUT2D eigenvalue weighted by atomic mass is 9.86. The molecule has 0 spiro atoms. The normalized spacial score (nSPS) is 24.6. The SMILES string of the molecule is Cc1nn(-c2ccccc2)c(C)c1[C@@H]1C(=O)NCCN1CC(=O)N[C@H]1CCCC[C@@H]1C. The summed E-state index contributed by atoms with van der Waals surface area (Å²) in [5.41, 5.74) is 3.59. The maximum Gasteiger partial charge on any atom is 0.242 e. The number of amides is 2. The number of para-hydroxylation sites is 1. The van der Waals surface area contributed by atoms with Crippen molar-refractivity contribution in [1.29, 1.82) is 0 Å². The summed E-state index contributed by atoms with van der Waals surface area (Å²) >= 11 is 0. The van der Waals surface area contributed by atoms with E-state index in [-0.39, 0.29) is 24.4 Å². The summed E-state index contributed by atoms with van der Waals surface area (Å²) in [4.78, 5) is 27.9. The van der Waals surface area contributed by atoms with Gasteiger partial charge < -0.3 is 10.6 Å². The first kappa shape index (κ1) is 21.6. The van der Waals surface area contributed by atoms with E-state index in [1.165, 1.54) is 12.8 Å². The van der Waals surface area contributed by atoms with Crippen LogP contribution in [0.1, 0.15) is 55.6 Å². The summed E-state index contributed by atoms with van der Waals surface area (Å²) in [7, 11) is 0. The first-order chi connectivity index (χ1) is 15.0. The van der Waals surface area contributed by atoms with Crippen LogP contribution in [0.2, 0.25) is 0 Å². The number of aryl methyl sites for hydroxylation is 1. The van der Waals surface area contributed by atoms with Gasteiger partial charge >= 0.3 is 0 Å². The van der Waals surface area contributed by atoms with Crippen LogP contribution in [-0.4, -0.2) is 52.2 Å². The lowest BCUT2D eigenvalue weighted by Crippen LogP contribution is -2.54. The fourth-order valence-electron chi connectivity index (χ4n) is 5.04. The zero-order valence-electron chi connectivity index (χ0n) is 18.7. The molecule has 2 aromatic rings. The van der Waals surface area contributed by atoms with Crippen molar-refractivity contribution in [3.05, 3.63) is 47.3 Å². The van der Waals surface area contributed by atoms with Gasteiger partial charge in [0, 0.05) is 30.4 Å². The second-order valence-corrected chi connectivity index (χ2v) is 8.93. The minimum absolute atomic E-state index is 0.00390.